The number of carbonyl (C=O) groups is 1. The Morgan fingerprint density at radius 1 is 1.45 bits per heavy atom. The molecule has 20 heavy (non-hydrogen) atoms. The number of ether oxygens (including phenoxy) is 1. The molecule has 2 rings (SSSR count). The largest absolute Gasteiger partial charge is 0.465 e. The summed E-state index contributed by atoms with van der Waals surface area (Å²) in [6.07, 6.45) is 5.49. The van der Waals surface area contributed by atoms with Gasteiger partial charge in [0.25, 0.3) is 0 Å². The first-order valence-electron chi connectivity index (χ1n) is 7.26. The fourth-order valence-corrected chi connectivity index (χ4v) is 2.47. The number of methoxy groups -OCH3 is 1. The zero-order valence-electron chi connectivity index (χ0n) is 12.1. The number of hydrogen-bond donors (Lipinski definition) is 1. The second-order valence-corrected chi connectivity index (χ2v) is 5.11. The summed E-state index contributed by atoms with van der Waals surface area (Å²) < 4.78 is 4.70. The molecule has 0 saturated carbocycles. The second kappa shape index (κ2) is 7.97. The Labute approximate surface area is 120 Å². The van der Waals surface area contributed by atoms with E-state index in [4.69, 9.17) is 4.74 Å². The first-order valence-corrected chi connectivity index (χ1v) is 7.26. The number of esters is 1. The Morgan fingerprint density at radius 2 is 2.25 bits per heavy atom. The molecule has 110 valence electrons. The van der Waals surface area contributed by atoms with Gasteiger partial charge in [-0.3, -0.25) is 4.98 Å². The maximum Gasteiger partial charge on any atom is 0.337 e. The van der Waals surface area contributed by atoms with Crippen molar-refractivity contribution in [2.45, 2.75) is 25.8 Å². The highest BCUT2D eigenvalue weighted by Gasteiger charge is 2.10. The first-order chi connectivity index (χ1) is 9.79. The summed E-state index contributed by atoms with van der Waals surface area (Å²) in [7, 11) is 1.39. The minimum absolute atomic E-state index is 0.317. The first kappa shape index (κ1) is 14.9. The third kappa shape index (κ3) is 4.58. The number of nitrogens with zero attached hydrogens (tertiary/aromatic N) is 2. The summed E-state index contributed by atoms with van der Waals surface area (Å²) in [5.41, 5.74) is 1.42. The fraction of sp³-hybridized carbons (Fsp3) is 0.600. The summed E-state index contributed by atoms with van der Waals surface area (Å²) in [5.74, 6) is -0.317. The SMILES string of the molecule is COC(=O)c1ccnc(CNCCCN2CCCC2)c1. The molecule has 1 aromatic rings. The van der Waals surface area contributed by atoms with E-state index in [1.54, 1.807) is 18.3 Å². The van der Waals surface area contributed by atoms with Crippen LogP contribution in [0.2, 0.25) is 0 Å². The van der Waals surface area contributed by atoms with Gasteiger partial charge in [-0.2, -0.15) is 0 Å². The van der Waals surface area contributed by atoms with E-state index >= 15 is 0 Å². The zero-order valence-corrected chi connectivity index (χ0v) is 12.1. The topological polar surface area (TPSA) is 54.5 Å². The number of aromatic nitrogens is 1. The van der Waals surface area contributed by atoms with E-state index in [2.05, 4.69) is 15.2 Å². The molecule has 1 fully saturated rings. The average molecular weight is 277 g/mol. The van der Waals surface area contributed by atoms with Gasteiger partial charge in [-0.25, -0.2) is 4.79 Å². The Bertz CT molecular complexity index is 431. The van der Waals surface area contributed by atoms with Gasteiger partial charge in [0.1, 0.15) is 0 Å². The molecule has 0 aliphatic carbocycles. The van der Waals surface area contributed by atoms with Crippen molar-refractivity contribution in [1.82, 2.24) is 15.2 Å². The van der Waals surface area contributed by atoms with E-state index in [0.29, 0.717) is 12.1 Å². The number of nitrogens with one attached hydrogen (secondary N) is 1. The van der Waals surface area contributed by atoms with Crippen LogP contribution in [0.25, 0.3) is 0 Å². The van der Waals surface area contributed by atoms with Crippen LogP contribution in [0, 0.1) is 0 Å². The molecule has 0 bridgehead atoms. The Kier molecular flexibility index (Phi) is 5.95. The molecule has 0 aromatic carbocycles. The van der Waals surface area contributed by atoms with Crippen molar-refractivity contribution in [2.24, 2.45) is 0 Å². The minimum Gasteiger partial charge on any atom is -0.465 e. The predicted molar refractivity (Wildman–Crippen MR) is 77.6 cm³/mol. The molecule has 2 heterocycles. The van der Waals surface area contributed by atoms with Crippen LogP contribution in [-0.2, 0) is 11.3 Å². The van der Waals surface area contributed by atoms with Crippen LogP contribution < -0.4 is 5.32 Å². The van der Waals surface area contributed by atoms with E-state index in [9.17, 15) is 4.79 Å². The van der Waals surface area contributed by atoms with Crippen molar-refractivity contribution in [3.05, 3.63) is 29.6 Å². The number of carbonyl (C=O) groups excluding carboxylic acids is 1. The lowest BCUT2D eigenvalue weighted by atomic mass is 10.2. The van der Waals surface area contributed by atoms with Gasteiger partial charge in [-0.05, 0) is 57.6 Å². The van der Waals surface area contributed by atoms with Crippen LogP contribution in [0.4, 0.5) is 0 Å². The molecule has 0 spiro atoms. The standard InChI is InChI=1S/C15H23N3O2/c1-20-15(19)13-5-7-17-14(11-13)12-16-6-4-10-18-8-2-3-9-18/h5,7,11,16H,2-4,6,8-10,12H2,1H3. The summed E-state index contributed by atoms with van der Waals surface area (Å²) in [4.78, 5) is 18.2. The maximum atomic E-state index is 11.4. The normalized spacial score (nSPS) is 15.4. The van der Waals surface area contributed by atoms with Gasteiger partial charge >= 0.3 is 5.97 Å². The molecule has 1 aliphatic rings. The van der Waals surface area contributed by atoms with Crippen molar-refractivity contribution < 1.29 is 9.53 Å². The molecular weight excluding hydrogens is 254 g/mol. The highest BCUT2D eigenvalue weighted by atomic mass is 16.5. The van der Waals surface area contributed by atoms with Crippen LogP contribution >= 0.6 is 0 Å². The van der Waals surface area contributed by atoms with Crippen LogP contribution in [0.5, 0.6) is 0 Å². The van der Waals surface area contributed by atoms with Crippen molar-refractivity contribution in [3.63, 3.8) is 0 Å². The van der Waals surface area contributed by atoms with Crippen LogP contribution in [0.15, 0.2) is 18.3 Å². The van der Waals surface area contributed by atoms with E-state index in [-0.39, 0.29) is 5.97 Å². The van der Waals surface area contributed by atoms with Gasteiger partial charge in [0.2, 0.25) is 0 Å². The lowest BCUT2D eigenvalue weighted by Crippen LogP contribution is -2.24. The third-order valence-corrected chi connectivity index (χ3v) is 3.57. The van der Waals surface area contributed by atoms with Crippen LogP contribution in [0.1, 0.15) is 35.3 Å². The lowest BCUT2D eigenvalue weighted by molar-refractivity contribution is 0.0600. The maximum absolute atomic E-state index is 11.4. The Morgan fingerprint density at radius 3 is 3.00 bits per heavy atom. The monoisotopic (exact) mass is 277 g/mol. The molecule has 0 unspecified atom stereocenters. The fourth-order valence-electron chi connectivity index (χ4n) is 2.47. The molecule has 0 amide bonds. The number of hydrogen-bond acceptors (Lipinski definition) is 5. The highest BCUT2D eigenvalue weighted by molar-refractivity contribution is 5.89. The predicted octanol–water partition coefficient (Wildman–Crippen LogP) is 1.44. The molecule has 5 heteroatoms. The van der Waals surface area contributed by atoms with Gasteiger partial charge in [-0.1, -0.05) is 0 Å². The van der Waals surface area contributed by atoms with Gasteiger partial charge in [0, 0.05) is 12.7 Å². The minimum atomic E-state index is -0.317. The van der Waals surface area contributed by atoms with Crippen molar-refractivity contribution in [2.75, 3.05) is 33.3 Å². The van der Waals surface area contributed by atoms with Crippen LogP contribution in [-0.4, -0.2) is 49.1 Å². The smallest absolute Gasteiger partial charge is 0.337 e. The quantitative estimate of drug-likeness (QED) is 0.604. The molecule has 1 aliphatic heterocycles. The summed E-state index contributed by atoms with van der Waals surface area (Å²) >= 11 is 0. The van der Waals surface area contributed by atoms with E-state index in [1.807, 2.05) is 0 Å². The van der Waals surface area contributed by atoms with Gasteiger partial charge < -0.3 is 15.0 Å². The van der Waals surface area contributed by atoms with Gasteiger partial charge in [0.05, 0.1) is 18.4 Å². The van der Waals surface area contributed by atoms with Gasteiger partial charge in [0.15, 0.2) is 0 Å². The Balaban J connectivity index is 1.67. The van der Waals surface area contributed by atoms with E-state index in [1.165, 1.54) is 39.6 Å². The highest BCUT2D eigenvalue weighted by Crippen LogP contribution is 2.07. The number of likely N-dealkylation sites (tertiary alicyclic amines) is 1. The molecule has 1 saturated heterocycles. The Hall–Kier alpha value is -1.46. The van der Waals surface area contributed by atoms with E-state index < -0.39 is 0 Å². The summed E-state index contributed by atoms with van der Waals surface area (Å²) in [6, 6.07) is 3.45. The molecule has 1 N–H and O–H groups in total. The van der Waals surface area contributed by atoms with Crippen LogP contribution in [0.3, 0.4) is 0 Å². The third-order valence-electron chi connectivity index (χ3n) is 3.57. The molecule has 1 aromatic heterocycles. The molecular formula is C15H23N3O2. The molecule has 0 radical (unpaired) electrons. The zero-order chi connectivity index (χ0) is 14.2. The lowest BCUT2D eigenvalue weighted by Gasteiger charge is -2.14. The second-order valence-electron chi connectivity index (χ2n) is 5.11. The number of rotatable bonds is 7. The van der Waals surface area contributed by atoms with Crippen molar-refractivity contribution >= 4 is 5.97 Å². The van der Waals surface area contributed by atoms with E-state index in [0.717, 1.165) is 18.7 Å². The summed E-state index contributed by atoms with van der Waals surface area (Å²) in [6.45, 7) is 5.33. The van der Waals surface area contributed by atoms with Crippen molar-refractivity contribution in [1.29, 1.82) is 0 Å². The molecule has 0 atom stereocenters. The van der Waals surface area contributed by atoms with Gasteiger partial charge in [-0.15, -0.1) is 0 Å². The van der Waals surface area contributed by atoms with Crippen molar-refractivity contribution in [3.8, 4) is 0 Å². The number of pyridine rings is 1. The average Bonchev–Trinajstić information content (AvgIpc) is 2.99. The molecule has 5 nitrogen and oxygen atoms in total. The summed E-state index contributed by atoms with van der Waals surface area (Å²) in [5, 5.41) is 3.37.